The number of nitrogens with zero attached hydrogens (tertiary/aromatic N) is 3. The number of ether oxygens (including phenoxy) is 3. The molecular formula is C23H24N4O4. The summed E-state index contributed by atoms with van der Waals surface area (Å²) < 4.78 is 17.8. The van der Waals surface area contributed by atoms with E-state index in [-0.39, 0.29) is 5.91 Å². The first-order valence-corrected chi connectivity index (χ1v) is 9.56. The number of aryl methyl sites for hydroxylation is 2. The van der Waals surface area contributed by atoms with Crippen molar-refractivity contribution in [1.82, 2.24) is 15.1 Å². The van der Waals surface area contributed by atoms with Crippen LogP contribution in [0.15, 0.2) is 42.5 Å². The Morgan fingerprint density at radius 2 is 1.65 bits per heavy atom. The molecule has 0 aliphatic heterocycles. The molecule has 0 fully saturated rings. The number of carbonyl (C=O) groups is 1. The van der Waals surface area contributed by atoms with Crippen molar-refractivity contribution in [2.45, 2.75) is 19.9 Å². The number of hydrogen-bond acceptors (Lipinski definition) is 6. The van der Waals surface area contributed by atoms with Crippen LogP contribution in [-0.4, -0.2) is 37.0 Å². The molecule has 0 aliphatic carbocycles. The molecule has 1 atom stereocenters. The number of nitrogens with one attached hydrogen (secondary N) is 1. The van der Waals surface area contributed by atoms with Crippen LogP contribution < -0.4 is 19.5 Å². The van der Waals surface area contributed by atoms with Crippen LogP contribution in [0.2, 0.25) is 0 Å². The van der Waals surface area contributed by atoms with E-state index in [1.165, 1.54) is 21.3 Å². The molecule has 8 nitrogen and oxygen atoms in total. The first-order chi connectivity index (χ1) is 14.9. The van der Waals surface area contributed by atoms with Gasteiger partial charge in [-0.25, -0.2) is 4.68 Å². The van der Waals surface area contributed by atoms with Gasteiger partial charge in [0.05, 0.1) is 38.8 Å². The summed E-state index contributed by atoms with van der Waals surface area (Å²) in [4.78, 5) is 12.8. The first kappa shape index (κ1) is 21.7. The Morgan fingerprint density at radius 3 is 2.10 bits per heavy atom. The average Bonchev–Trinajstić information content (AvgIpc) is 3.13. The minimum Gasteiger partial charge on any atom is -0.493 e. The second-order valence-electron chi connectivity index (χ2n) is 6.88. The molecule has 1 N–H and O–H groups in total. The van der Waals surface area contributed by atoms with E-state index in [0.29, 0.717) is 28.4 Å². The van der Waals surface area contributed by atoms with Gasteiger partial charge in [0.2, 0.25) is 5.75 Å². The van der Waals surface area contributed by atoms with Crippen LogP contribution in [0.25, 0.3) is 5.69 Å². The fourth-order valence-corrected chi connectivity index (χ4v) is 3.32. The zero-order valence-corrected chi connectivity index (χ0v) is 18.1. The summed E-state index contributed by atoms with van der Waals surface area (Å²) in [6.45, 7) is 3.89. The van der Waals surface area contributed by atoms with Gasteiger partial charge in [-0.1, -0.05) is 0 Å². The van der Waals surface area contributed by atoms with E-state index in [0.717, 1.165) is 17.1 Å². The van der Waals surface area contributed by atoms with E-state index in [1.807, 2.05) is 36.7 Å². The number of aromatic nitrogens is 2. The van der Waals surface area contributed by atoms with Crippen LogP contribution in [0.4, 0.5) is 0 Å². The van der Waals surface area contributed by atoms with Gasteiger partial charge in [-0.15, -0.1) is 0 Å². The minimum absolute atomic E-state index is 0.375. The lowest BCUT2D eigenvalue weighted by atomic mass is 10.1. The Labute approximate surface area is 181 Å². The molecule has 1 amide bonds. The molecule has 0 aliphatic rings. The summed E-state index contributed by atoms with van der Waals surface area (Å²) in [7, 11) is 4.48. The zero-order valence-electron chi connectivity index (χ0n) is 18.1. The topological polar surface area (TPSA) is 98.4 Å². The van der Waals surface area contributed by atoms with Gasteiger partial charge in [0, 0.05) is 11.3 Å². The summed E-state index contributed by atoms with van der Waals surface area (Å²) in [6, 6.07) is 13.5. The molecule has 1 heterocycles. The Kier molecular flexibility index (Phi) is 6.46. The molecule has 3 aromatic rings. The van der Waals surface area contributed by atoms with E-state index in [4.69, 9.17) is 14.2 Å². The van der Waals surface area contributed by atoms with Crippen molar-refractivity contribution in [3.63, 3.8) is 0 Å². The number of benzene rings is 2. The lowest BCUT2D eigenvalue weighted by Gasteiger charge is -2.17. The number of hydrogen-bond donors (Lipinski definition) is 1. The fraction of sp³-hybridized carbons (Fsp3) is 0.261. The number of rotatable bonds is 7. The minimum atomic E-state index is -0.906. The zero-order chi connectivity index (χ0) is 22.5. The van der Waals surface area contributed by atoms with Gasteiger partial charge in [0.25, 0.3) is 5.91 Å². The molecule has 0 saturated carbocycles. The molecule has 0 spiro atoms. The SMILES string of the molecule is COc1cc(C(C#N)NC(=O)c2ccc(-n3nc(C)cc3C)cc2)cc(OC)c1OC. The highest BCUT2D eigenvalue weighted by molar-refractivity contribution is 5.94. The smallest absolute Gasteiger partial charge is 0.252 e. The van der Waals surface area contributed by atoms with E-state index in [9.17, 15) is 10.1 Å². The summed E-state index contributed by atoms with van der Waals surface area (Å²) in [5.74, 6) is 0.845. The number of nitriles is 1. The lowest BCUT2D eigenvalue weighted by molar-refractivity contribution is 0.0945. The molecular weight excluding hydrogens is 396 g/mol. The third kappa shape index (κ3) is 4.46. The predicted molar refractivity (Wildman–Crippen MR) is 115 cm³/mol. The highest BCUT2D eigenvalue weighted by Gasteiger charge is 2.21. The van der Waals surface area contributed by atoms with Crippen LogP contribution in [0.1, 0.15) is 33.4 Å². The third-order valence-electron chi connectivity index (χ3n) is 4.81. The van der Waals surface area contributed by atoms with Crippen LogP contribution in [0, 0.1) is 25.2 Å². The molecule has 3 rings (SSSR count). The normalized spacial score (nSPS) is 11.4. The molecule has 31 heavy (non-hydrogen) atoms. The van der Waals surface area contributed by atoms with E-state index < -0.39 is 6.04 Å². The second-order valence-corrected chi connectivity index (χ2v) is 6.88. The van der Waals surface area contributed by atoms with E-state index in [2.05, 4.69) is 16.5 Å². The summed E-state index contributed by atoms with van der Waals surface area (Å²) >= 11 is 0. The maximum atomic E-state index is 12.8. The summed E-state index contributed by atoms with van der Waals surface area (Å²) in [5, 5.41) is 16.8. The lowest BCUT2D eigenvalue weighted by Crippen LogP contribution is -2.27. The predicted octanol–water partition coefficient (Wildman–Crippen LogP) is 3.51. The van der Waals surface area contributed by atoms with Crippen molar-refractivity contribution in [2.75, 3.05) is 21.3 Å². The molecule has 1 unspecified atom stereocenters. The maximum Gasteiger partial charge on any atom is 0.252 e. The molecule has 0 bridgehead atoms. The van der Waals surface area contributed by atoms with Gasteiger partial charge < -0.3 is 19.5 Å². The van der Waals surface area contributed by atoms with E-state index in [1.54, 1.807) is 24.3 Å². The van der Waals surface area contributed by atoms with Gasteiger partial charge in [0.15, 0.2) is 11.5 Å². The highest BCUT2D eigenvalue weighted by atomic mass is 16.5. The standard InChI is InChI=1S/C23H24N4O4/c1-14-10-15(2)27(26-14)18-8-6-16(7-9-18)23(28)25-19(13-24)17-11-20(29-3)22(31-5)21(12-17)30-4/h6-12,19H,1-5H3,(H,25,28). The average molecular weight is 420 g/mol. The van der Waals surface area contributed by atoms with Crippen LogP contribution in [0.5, 0.6) is 17.2 Å². The Morgan fingerprint density at radius 1 is 1.03 bits per heavy atom. The van der Waals surface area contributed by atoms with Crippen molar-refractivity contribution in [3.05, 3.63) is 65.0 Å². The van der Waals surface area contributed by atoms with Crippen LogP contribution >= 0.6 is 0 Å². The molecule has 0 radical (unpaired) electrons. The van der Waals surface area contributed by atoms with Gasteiger partial charge in [0.1, 0.15) is 6.04 Å². The summed E-state index contributed by atoms with van der Waals surface area (Å²) in [6.07, 6.45) is 0. The fourth-order valence-electron chi connectivity index (χ4n) is 3.32. The van der Waals surface area contributed by atoms with Gasteiger partial charge in [-0.2, -0.15) is 10.4 Å². The molecule has 2 aromatic carbocycles. The monoisotopic (exact) mass is 420 g/mol. The van der Waals surface area contributed by atoms with Crippen LogP contribution in [0.3, 0.4) is 0 Å². The van der Waals surface area contributed by atoms with Gasteiger partial charge in [-0.05, 0) is 61.9 Å². The Balaban J connectivity index is 1.83. The quantitative estimate of drug-likeness (QED) is 0.628. The molecule has 160 valence electrons. The number of methoxy groups -OCH3 is 3. The van der Waals surface area contributed by atoms with Crippen molar-refractivity contribution < 1.29 is 19.0 Å². The molecule has 8 heteroatoms. The van der Waals surface area contributed by atoms with Crippen molar-refractivity contribution >= 4 is 5.91 Å². The van der Waals surface area contributed by atoms with Gasteiger partial charge >= 0.3 is 0 Å². The molecule has 0 saturated heterocycles. The van der Waals surface area contributed by atoms with Crippen molar-refractivity contribution in [2.24, 2.45) is 0 Å². The Hall–Kier alpha value is -3.99. The van der Waals surface area contributed by atoms with Gasteiger partial charge in [-0.3, -0.25) is 4.79 Å². The number of amides is 1. The van der Waals surface area contributed by atoms with E-state index >= 15 is 0 Å². The van der Waals surface area contributed by atoms with Crippen LogP contribution in [-0.2, 0) is 0 Å². The third-order valence-corrected chi connectivity index (χ3v) is 4.81. The van der Waals surface area contributed by atoms with Crippen molar-refractivity contribution in [1.29, 1.82) is 5.26 Å². The maximum absolute atomic E-state index is 12.8. The Bertz CT molecular complexity index is 1100. The summed E-state index contributed by atoms with van der Waals surface area (Å²) in [5.41, 5.74) is 3.72. The highest BCUT2D eigenvalue weighted by Crippen LogP contribution is 2.39. The first-order valence-electron chi connectivity index (χ1n) is 9.56. The molecule has 1 aromatic heterocycles. The van der Waals surface area contributed by atoms with Crippen molar-refractivity contribution in [3.8, 4) is 29.0 Å². The number of carbonyl (C=O) groups excluding carboxylic acids is 1. The largest absolute Gasteiger partial charge is 0.493 e. The second kappa shape index (κ2) is 9.22.